The molecule has 16 heavy (non-hydrogen) atoms. The average molecular weight is 219 g/mol. The van der Waals surface area contributed by atoms with E-state index in [0.29, 0.717) is 12.4 Å². The molecule has 0 aliphatic carbocycles. The van der Waals surface area contributed by atoms with Crippen molar-refractivity contribution in [1.29, 1.82) is 5.26 Å². The number of hydrogen-bond donors (Lipinski definition) is 1. The molecule has 1 aromatic rings. The predicted octanol–water partition coefficient (Wildman–Crippen LogP) is 3.22. The maximum Gasteiger partial charge on any atom is 0.133 e. The monoisotopic (exact) mass is 219 g/mol. The zero-order valence-corrected chi connectivity index (χ0v) is 9.57. The highest BCUT2D eigenvalue weighted by molar-refractivity contribution is 5.46. The number of nitriles is 1. The summed E-state index contributed by atoms with van der Waals surface area (Å²) in [6, 6.07) is 6.64. The third-order valence-corrected chi connectivity index (χ3v) is 2.36. The number of phenolic OH excluding ortho intramolecular Hbond substituents is 1. The molecule has 0 saturated carbocycles. The van der Waals surface area contributed by atoms with E-state index in [0.717, 1.165) is 6.42 Å². The number of nitrogens with zero attached hydrogens (tertiary/aromatic N) is 1. The van der Waals surface area contributed by atoms with E-state index >= 15 is 0 Å². The van der Waals surface area contributed by atoms with Gasteiger partial charge in [-0.2, -0.15) is 5.26 Å². The van der Waals surface area contributed by atoms with Crippen LogP contribution in [0, 0.1) is 11.3 Å². The van der Waals surface area contributed by atoms with Crippen LogP contribution >= 0.6 is 0 Å². The first-order chi connectivity index (χ1) is 7.77. The fourth-order valence-corrected chi connectivity index (χ4v) is 1.41. The van der Waals surface area contributed by atoms with Crippen molar-refractivity contribution < 1.29 is 9.84 Å². The van der Waals surface area contributed by atoms with E-state index in [2.05, 4.69) is 6.92 Å². The van der Waals surface area contributed by atoms with Gasteiger partial charge in [-0.3, -0.25) is 0 Å². The highest BCUT2D eigenvalue weighted by Crippen LogP contribution is 2.22. The van der Waals surface area contributed by atoms with Gasteiger partial charge in [0.25, 0.3) is 0 Å². The van der Waals surface area contributed by atoms with Crippen LogP contribution in [0.4, 0.5) is 0 Å². The van der Waals surface area contributed by atoms with Crippen LogP contribution in [0.2, 0.25) is 0 Å². The first kappa shape index (κ1) is 12.4. The Morgan fingerprint density at radius 3 is 2.81 bits per heavy atom. The van der Waals surface area contributed by atoms with Gasteiger partial charge in [-0.15, -0.1) is 0 Å². The van der Waals surface area contributed by atoms with Gasteiger partial charge >= 0.3 is 0 Å². The van der Waals surface area contributed by atoms with E-state index in [1.807, 2.05) is 6.07 Å². The summed E-state index contributed by atoms with van der Waals surface area (Å²) in [6.45, 7) is 2.83. The van der Waals surface area contributed by atoms with Crippen LogP contribution in [-0.4, -0.2) is 11.7 Å². The quantitative estimate of drug-likeness (QED) is 0.747. The minimum Gasteiger partial charge on any atom is -0.507 e. The van der Waals surface area contributed by atoms with Crippen LogP contribution in [0.3, 0.4) is 0 Å². The first-order valence-corrected chi connectivity index (χ1v) is 5.64. The number of aromatic hydroxyl groups is 1. The van der Waals surface area contributed by atoms with E-state index in [1.54, 1.807) is 12.1 Å². The van der Waals surface area contributed by atoms with Gasteiger partial charge < -0.3 is 9.84 Å². The van der Waals surface area contributed by atoms with Crippen LogP contribution in [-0.2, 0) is 0 Å². The summed E-state index contributed by atoms with van der Waals surface area (Å²) in [5, 5.41) is 18.0. The van der Waals surface area contributed by atoms with Crippen molar-refractivity contribution in [3.8, 4) is 17.6 Å². The second-order valence-electron chi connectivity index (χ2n) is 3.70. The third-order valence-electron chi connectivity index (χ3n) is 2.36. The SMILES string of the molecule is CCCCCCOc1ccc(O)c(C#N)c1. The molecule has 0 fully saturated rings. The molecule has 0 saturated heterocycles. The molecule has 0 heterocycles. The van der Waals surface area contributed by atoms with E-state index in [9.17, 15) is 5.11 Å². The second kappa shape index (κ2) is 6.73. The number of phenols is 1. The molecule has 0 aromatic heterocycles. The van der Waals surface area contributed by atoms with Crippen molar-refractivity contribution >= 4 is 0 Å². The third kappa shape index (κ3) is 3.82. The highest BCUT2D eigenvalue weighted by Gasteiger charge is 2.02. The van der Waals surface area contributed by atoms with Gasteiger partial charge in [0, 0.05) is 6.07 Å². The van der Waals surface area contributed by atoms with Gasteiger partial charge in [0.1, 0.15) is 17.6 Å². The van der Waals surface area contributed by atoms with Gasteiger partial charge in [-0.05, 0) is 18.6 Å². The zero-order chi connectivity index (χ0) is 11.8. The van der Waals surface area contributed by atoms with E-state index in [4.69, 9.17) is 10.00 Å². The van der Waals surface area contributed by atoms with E-state index in [-0.39, 0.29) is 11.3 Å². The number of rotatable bonds is 6. The molecule has 3 heteroatoms. The molecule has 3 nitrogen and oxygen atoms in total. The molecule has 0 radical (unpaired) electrons. The molecule has 0 unspecified atom stereocenters. The van der Waals surface area contributed by atoms with Crippen molar-refractivity contribution in [2.24, 2.45) is 0 Å². The topological polar surface area (TPSA) is 53.2 Å². The van der Waals surface area contributed by atoms with Crippen molar-refractivity contribution in [3.63, 3.8) is 0 Å². The van der Waals surface area contributed by atoms with Gasteiger partial charge in [0.05, 0.1) is 12.2 Å². The molecule has 0 atom stereocenters. The van der Waals surface area contributed by atoms with Crippen LogP contribution in [0.5, 0.6) is 11.5 Å². The maximum absolute atomic E-state index is 9.30. The summed E-state index contributed by atoms with van der Waals surface area (Å²) in [6.07, 6.45) is 4.62. The summed E-state index contributed by atoms with van der Waals surface area (Å²) in [5.41, 5.74) is 0.256. The minimum atomic E-state index is 0.000771. The number of benzene rings is 1. The Kier molecular flexibility index (Phi) is 5.21. The van der Waals surface area contributed by atoms with Crippen LogP contribution in [0.25, 0.3) is 0 Å². The minimum absolute atomic E-state index is 0.000771. The predicted molar refractivity (Wildman–Crippen MR) is 62.5 cm³/mol. The Morgan fingerprint density at radius 2 is 2.12 bits per heavy atom. The summed E-state index contributed by atoms with van der Waals surface area (Å²) in [4.78, 5) is 0. The molecular weight excluding hydrogens is 202 g/mol. The number of ether oxygens (including phenoxy) is 1. The lowest BCUT2D eigenvalue weighted by molar-refractivity contribution is 0.304. The lowest BCUT2D eigenvalue weighted by Gasteiger charge is -2.06. The van der Waals surface area contributed by atoms with Crippen molar-refractivity contribution in [2.75, 3.05) is 6.61 Å². The first-order valence-electron chi connectivity index (χ1n) is 5.64. The van der Waals surface area contributed by atoms with Crippen molar-refractivity contribution in [3.05, 3.63) is 23.8 Å². The highest BCUT2D eigenvalue weighted by atomic mass is 16.5. The van der Waals surface area contributed by atoms with Gasteiger partial charge in [-0.25, -0.2) is 0 Å². The molecule has 0 aliphatic heterocycles. The second-order valence-corrected chi connectivity index (χ2v) is 3.70. The zero-order valence-electron chi connectivity index (χ0n) is 9.57. The fourth-order valence-electron chi connectivity index (χ4n) is 1.41. The Morgan fingerprint density at radius 1 is 1.31 bits per heavy atom. The molecule has 0 aliphatic rings. The van der Waals surface area contributed by atoms with Crippen molar-refractivity contribution in [2.45, 2.75) is 32.6 Å². The normalized spacial score (nSPS) is 9.75. The molecule has 0 bridgehead atoms. The lowest BCUT2D eigenvalue weighted by atomic mass is 10.2. The lowest BCUT2D eigenvalue weighted by Crippen LogP contribution is -1.97. The number of unbranched alkanes of at least 4 members (excludes halogenated alkanes) is 3. The molecule has 0 amide bonds. The van der Waals surface area contributed by atoms with Gasteiger partial charge in [0.15, 0.2) is 0 Å². The van der Waals surface area contributed by atoms with Gasteiger partial charge in [-0.1, -0.05) is 26.2 Å². The number of hydrogen-bond acceptors (Lipinski definition) is 3. The van der Waals surface area contributed by atoms with Gasteiger partial charge in [0.2, 0.25) is 0 Å². The average Bonchev–Trinajstić information content (AvgIpc) is 2.31. The molecule has 1 N–H and O–H groups in total. The fraction of sp³-hybridized carbons (Fsp3) is 0.462. The van der Waals surface area contributed by atoms with E-state index in [1.165, 1.54) is 25.3 Å². The Bertz CT molecular complexity index is 369. The Balaban J connectivity index is 2.40. The molecule has 0 spiro atoms. The summed E-state index contributed by atoms with van der Waals surface area (Å²) < 4.78 is 5.49. The standard InChI is InChI=1S/C13H17NO2/c1-2-3-4-5-8-16-12-6-7-13(15)11(9-12)10-14/h6-7,9,15H,2-5,8H2,1H3. The maximum atomic E-state index is 9.30. The van der Waals surface area contributed by atoms with Crippen LogP contribution < -0.4 is 4.74 Å². The molecule has 1 rings (SSSR count). The van der Waals surface area contributed by atoms with E-state index < -0.39 is 0 Å². The van der Waals surface area contributed by atoms with Crippen LogP contribution in [0.1, 0.15) is 38.2 Å². The Hall–Kier alpha value is -1.69. The smallest absolute Gasteiger partial charge is 0.133 e. The summed E-state index contributed by atoms with van der Waals surface area (Å²) >= 11 is 0. The molecule has 1 aromatic carbocycles. The van der Waals surface area contributed by atoms with Crippen molar-refractivity contribution in [1.82, 2.24) is 0 Å². The Labute approximate surface area is 96.3 Å². The molecule has 86 valence electrons. The molecular formula is C13H17NO2. The largest absolute Gasteiger partial charge is 0.507 e. The summed E-state index contributed by atoms with van der Waals surface area (Å²) in [7, 11) is 0. The van der Waals surface area contributed by atoms with Crippen LogP contribution in [0.15, 0.2) is 18.2 Å². The summed E-state index contributed by atoms with van der Waals surface area (Å²) in [5.74, 6) is 0.645.